The lowest BCUT2D eigenvalue weighted by Crippen LogP contribution is -2.38. The summed E-state index contributed by atoms with van der Waals surface area (Å²) in [6.07, 6.45) is 0. The molecule has 0 amide bonds. The van der Waals surface area contributed by atoms with Crippen LogP contribution in [0.25, 0.3) is 0 Å². The van der Waals surface area contributed by atoms with E-state index >= 15 is 0 Å². The zero-order valence-electron chi connectivity index (χ0n) is 16.5. The van der Waals surface area contributed by atoms with Crippen molar-refractivity contribution >= 4 is 11.4 Å². The molecule has 0 heterocycles. The second-order valence-electron chi connectivity index (χ2n) is 8.39. The predicted octanol–water partition coefficient (Wildman–Crippen LogP) is 7.06. The number of hydrogen-bond donors (Lipinski definition) is 0. The standard InChI is InChI=1S/C25H29N/c1-24(2,3)20-16-18-21(19-17-20)25(4,5)26(22-12-8-6-9-13-22)23-14-10-7-11-15-23/h6-19H,1-5H3. The second kappa shape index (κ2) is 6.99. The molecule has 26 heavy (non-hydrogen) atoms. The lowest BCUT2D eigenvalue weighted by molar-refractivity contribution is 0.533. The summed E-state index contributed by atoms with van der Waals surface area (Å²) in [5.41, 5.74) is 5.05. The van der Waals surface area contributed by atoms with E-state index in [2.05, 4.69) is 124 Å². The first-order valence-electron chi connectivity index (χ1n) is 9.31. The van der Waals surface area contributed by atoms with Gasteiger partial charge in [-0.1, -0.05) is 81.4 Å². The number of nitrogens with zero attached hydrogens (tertiary/aromatic N) is 1. The average molecular weight is 344 g/mol. The van der Waals surface area contributed by atoms with Crippen LogP contribution in [0.15, 0.2) is 84.9 Å². The van der Waals surface area contributed by atoms with E-state index in [1.165, 1.54) is 22.5 Å². The van der Waals surface area contributed by atoms with Gasteiger partial charge in [0.2, 0.25) is 0 Å². The number of anilines is 2. The first-order valence-corrected chi connectivity index (χ1v) is 9.31. The molecule has 0 aromatic heterocycles. The molecule has 134 valence electrons. The number of benzene rings is 3. The number of hydrogen-bond acceptors (Lipinski definition) is 1. The fourth-order valence-corrected chi connectivity index (χ4v) is 3.46. The summed E-state index contributed by atoms with van der Waals surface area (Å²) in [5, 5.41) is 0. The van der Waals surface area contributed by atoms with Crippen molar-refractivity contribution in [3.05, 3.63) is 96.1 Å². The quantitative estimate of drug-likeness (QED) is 0.490. The normalized spacial score (nSPS) is 12.0. The fourth-order valence-electron chi connectivity index (χ4n) is 3.46. The van der Waals surface area contributed by atoms with Crippen LogP contribution < -0.4 is 4.90 Å². The van der Waals surface area contributed by atoms with Crippen molar-refractivity contribution in [1.82, 2.24) is 0 Å². The zero-order valence-corrected chi connectivity index (χ0v) is 16.5. The molecule has 0 unspecified atom stereocenters. The molecule has 3 rings (SSSR count). The summed E-state index contributed by atoms with van der Waals surface area (Å²) < 4.78 is 0. The van der Waals surface area contributed by atoms with E-state index in [4.69, 9.17) is 0 Å². The van der Waals surface area contributed by atoms with Gasteiger partial charge in [0, 0.05) is 11.4 Å². The first-order chi connectivity index (χ1) is 12.3. The first kappa shape index (κ1) is 18.3. The molecule has 0 aliphatic rings. The van der Waals surface area contributed by atoms with Crippen molar-refractivity contribution < 1.29 is 0 Å². The summed E-state index contributed by atoms with van der Waals surface area (Å²) in [6.45, 7) is 11.4. The highest BCUT2D eigenvalue weighted by molar-refractivity contribution is 5.66. The SMILES string of the molecule is CC(C)(C)c1ccc(C(C)(C)N(c2ccccc2)c2ccccc2)cc1. The molecule has 0 saturated carbocycles. The van der Waals surface area contributed by atoms with Gasteiger partial charge in [0.05, 0.1) is 5.54 Å². The third-order valence-corrected chi connectivity index (χ3v) is 5.05. The monoisotopic (exact) mass is 343 g/mol. The van der Waals surface area contributed by atoms with E-state index in [9.17, 15) is 0 Å². The zero-order chi connectivity index (χ0) is 18.8. The third-order valence-electron chi connectivity index (χ3n) is 5.05. The Labute approximate surface area is 158 Å². The largest absolute Gasteiger partial charge is 0.332 e. The van der Waals surface area contributed by atoms with Crippen LogP contribution in [-0.4, -0.2) is 0 Å². The van der Waals surface area contributed by atoms with E-state index in [1.807, 2.05) is 0 Å². The van der Waals surface area contributed by atoms with Gasteiger partial charge in [-0.3, -0.25) is 0 Å². The third kappa shape index (κ3) is 3.67. The Morgan fingerprint density at radius 1 is 0.500 bits per heavy atom. The highest BCUT2D eigenvalue weighted by atomic mass is 15.2. The van der Waals surface area contributed by atoms with Crippen molar-refractivity contribution in [2.24, 2.45) is 0 Å². The molecular formula is C25H29N. The molecule has 0 spiro atoms. The second-order valence-corrected chi connectivity index (χ2v) is 8.39. The minimum atomic E-state index is -0.181. The lowest BCUT2D eigenvalue weighted by Gasteiger charge is -2.41. The maximum Gasteiger partial charge on any atom is 0.0646 e. The Morgan fingerprint density at radius 3 is 1.27 bits per heavy atom. The molecule has 0 aliphatic carbocycles. The average Bonchev–Trinajstić information content (AvgIpc) is 2.63. The highest BCUT2D eigenvalue weighted by Gasteiger charge is 2.30. The minimum Gasteiger partial charge on any atom is -0.332 e. The van der Waals surface area contributed by atoms with Crippen LogP contribution in [0.2, 0.25) is 0 Å². The molecule has 0 N–H and O–H groups in total. The van der Waals surface area contributed by atoms with Crippen LogP contribution >= 0.6 is 0 Å². The molecular weight excluding hydrogens is 314 g/mol. The molecule has 0 bridgehead atoms. The molecule has 3 aromatic carbocycles. The Morgan fingerprint density at radius 2 is 0.885 bits per heavy atom. The van der Waals surface area contributed by atoms with E-state index in [1.54, 1.807) is 0 Å². The van der Waals surface area contributed by atoms with Crippen LogP contribution in [0.3, 0.4) is 0 Å². The number of para-hydroxylation sites is 2. The van der Waals surface area contributed by atoms with Crippen LogP contribution in [0.5, 0.6) is 0 Å². The van der Waals surface area contributed by atoms with E-state index in [0.717, 1.165) is 0 Å². The molecule has 3 aromatic rings. The summed E-state index contributed by atoms with van der Waals surface area (Å²) >= 11 is 0. The Balaban J connectivity index is 2.08. The summed E-state index contributed by atoms with van der Waals surface area (Å²) in [6, 6.07) is 30.3. The molecule has 0 radical (unpaired) electrons. The fraction of sp³-hybridized carbons (Fsp3) is 0.280. The molecule has 1 heteroatoms. The van der Waals surface area contributed by atoms with E-state index < -0.39 is 0 Å². The molecule has 1 nitrogen and oxygen atoms in total. The maximum absolute atomic E-state index is 2.42. The molecule has 0 atom stereocenters. The van der Waals surface area contributed by atoms with Crippen molar-refractivity contribution in [1.29, 1.82) is 0 Å². The van der Waals surface area contributed by atoms with Crippen molar-refractivity contribution in [3.63, 3.8) is 0 Å². The van der Waals surface area contributed by atoms with Gasteiger partial charge in [0.15, 0.2) is 0 Å². The van der Waals surface area contributed by atoms with Gasteiger partial charge in [-0.25, -0.2) is 0 Å². The van der Waals surface area contributed by atoms with Crippen LogP contribution in [-0.2, 0) is 11.0 Å². The van der Waals surface area contributed by atoms with Gasteiger partial charge in [-0.05, 0) is 54.7 Å². The van der Waals surface area contributed by atoms with Crippen molar-refractivity contribution in [2.45, 2.75) is 45.6 Å². The van der Waals surface area contributed by atoms with Gasteiger partial charge in [0.25, 0.3) is 0 Å². The van der Waals surface area contributed by atoms with Crippen LogP contribution in [0.1, 0.15) is 45.7 Å². The Bertz CT molecular complexity index is 785. The van der Waals surface area contributed by atoms with Crippen molar-refractivity contribution in [3.8, 4) is 0 Å². The predicted molar refractivity (Wildman–Crippen MR) is 113 cm³/mol. The minimum absolute atomic E-state index is 0.168. The molecule has 0 aliphatic heterocycles. The molecule has 0 saturated heterocycles. The summed E-state index contributed by atoms with van der Waals surface area (Å²) in [5.74, 6) is 0. The van der Waals surface area contributed by atoms with Crippen LogP contribution in [0, 0.1) is 0 Å². The van der Waals surface area contributed by atoms with Gasteiger partial charge >= 0.3 is 0 Å². The highest BCUT2D eigenvalue weighted by Crippen LogP contribution is 2.39. The van der Waals surface area contributed by atoms with Gasteiger partial charge in [-0.2, -0.15) is 0 Å². The van der Waals surface area contributed by atoms with E-state index in [0.29, 0.717) is 0 Å². The van der Waals surface area contributed by atoms with Gasteiger partial charge < -0.3 is 4.90 Å². The summed E-state index contributed by atoms with van der Waals surface area (Å²) in [4.78, 5) is 2.42. The number of rotatable bonds is 4. The lowest BCUT2D eigenvalue weighted by atomic mass is 9.84. The van der Waals surface area contributed by atoms with Gasteiger partial charge in [-0.15, -0.1) is 0 Å². The van der Waals surface area contributed by atoms with Crippen LogP contribution in [0.4, 0.5) is 11.4 Å². The Hall–Kier alpha value is -2.54. The summed E-state index contributed by atoms with van der Waals surface area (Å²) in [7, 11) is 0. The smallest absolute Gasteiger partial charge is 0.0646 e. The maximum atomic E-state index is 2.42. The van der Waals surface area contributed by atoms with E-state index in [-0.39, 0.29) is 11.0 Å². The Kier molecular flexibility index (Phi) is 4.91. The van der Waals surface area contributed by atoms with Crippen molar-refractivity contribution in [2.75, 3.05) is 4.90 Å². The molecule has 0 fully saturated rings. The topological polar surface area (TPSA) is 3.24 Å². The van der Waals surface area contributed by atoms with Gasteiger partial charge in [0.1, 0.15) is 0 Å².